The van der Waals surface area contributed by atoms with Gasteiger partial charge in [0.1, 0.15) is 5.82 Å². The molecule has 4 N–H and O–H groups in total. The van der Waals surface area contributed by atoms with E-state index in [-0.39, 0.29) is 6.03 Å². The number of hydrogen-bond donors (Lipinski definition) is 3. The molecule has 26 heavy (non-hydrogen) atoms. The maximum Gasteiger partial charge on any atom is 0.324 e. The number of rotatable bonds is 4. The fourth-order valence-corrected chi connectivity index (χ4v) is 3.93. The second-order valence-electron chi connectivity index (χ2n) is 5.99. The summed E-state index contributed by atoms with van der Waals surface area (Å²) in [5.41, 5.74) is 10.4. The summed E-state index contributed by atoms with van der Waals surface area (Å²) in [7, 11) is 0. The van der Waals surface area contributed by atoms with E-state index >= 15 is 0 Å². The van der Waals surface area contributed by atoms with Crippen LogP contribution in [0.1, 0.15) is 16.8 Å². The fraction of sp³-hybridized carbons (Fsp3) is 0.158. The van der Waals surface area contributed by atoms with E-state index in [4.69, 9.17) is 5.73 Å². The zero-order valence-electron chi connectivity index (χ0n) is 14.1. The minimum atomic E-state index is -0.290. The Kier molecular flexibility index (Phi) is 4.64. The first-order valence-electron chi connectivity index (χ1n) is 8.35. The second kappa shape index (κ2) is 7.23. The van der Waals surface area contributed by atoms with E-state index in [1.165, 1.54) is 0 Å². The summed E-state index contributed by atoms with van der Waals surface area (Å²) in [5.74, 6) is 2.45. The number of urea groups is 1. The molecule has 0 saturated heterocycles. The Morgan fingerprint density at radius 3 is 2.58 bits per heavy atom. The Labute approximate surface area is 155 Å². The number of thioether (sulfide) groups is 1. The number of nitrogens with two attached hydrogens (primary N) is 1. The van der Waals surface area contributed by atoms with Gasteiger partial charge in [-0.15, -0.1) is 0 Å². The van der Waals surface area contributed by atoms with Crippen LogP contribution in [0.5, 0.6) is 0 Å². The third-order valence-corrected chi connectivity index (χ3v) is 5.20. The van der Waals surface area contributed by atoms with Crippen LogP contribution >= 0.6 is 11.8 Å². The molecule has 0 atom stereocenters. The average Bonchev–Trinajstić information content (AvgIpc) is 3.26. The molecule has 132 valence electrons. The number of nitrogens with one attached hydrogen (secondary N) is 2. The summed E-state index contributed by atoms with van der Waals surface area (Å²) >= 11 is 1.80. The van der Waals surface area contributed by atoms with Gasteiger partial charge in [0.25, 0.3) is 0 Å². The Morgan fingerprint density at radius 1 is 1.08 bits per heavy atom. The van der Waals surface area contributed by atoms with Crippen LogP contribution in [0.3, 0.4) is 0 Å². The molecule has 1 aliphatic rings. The highest BCUT2D eigenvalue weighted by Gasteiger charge is 2.24. The standard InChI is InChI=1S/C19H19N5OS/c20-10-13-6-8-14(9-7-13)21-19(25)22-18-16-11-26-12-17(16)23-24(18)15-4-2-1-3-5-15/h1-9H,10-12,20H2,(H2,21,22,25). The maximum atomic E-state index is 12.5. The number of anilines is 2. The van der Waals surface area contributed by atoms with Gasteiger partial charge in [0.2, 0.25) is 0 Å². The molecule has 2 aromatic carbocycles. The molecule has 0 aliphatic carbocycles. The minimum Gasteiger partial charge on any atom is -0.326 e. The number of nitrogens with zero attached hydrogens (tertiary/aromatic N) is 2. The molecule has 2 heterocycles. The quantitative estimate of drug-likeness (QED) is 0.658. The van der Waals surface area contributed by atoms with Crippen LogP contribution in [-0.2, 0) is 18.1 Å². The van der Waals surface area contributed by atoms with Crippen molar-refractivity contribution in [2.24, 2.45) is 5.73 Å². The topological polar surface area (TPSA) is 85.0 Å². The van der Waals surface area contributed by atoms with Crippen molar-refractivity contribution < 1.29 is 4.79 Å². The Bertz CT molecular complexity index is 921. The molecule has 4 rings (SSSR count). The van der Waals surface area contributed by atoms with Crippen LogP contribution < -0.4 is 16.4 Å². The van der Waals surface area contributed by atoms with Crippen LogP contribution in [0.25, 0.3) is 5.69 Å². The monoisotopic (exact) mass is 365 g/mol. The number of fused-ring (bicyclic) bond motifs is 1. The lowest BCUT2D eigenvalue weighted by Crippen LogP contribution is -2.22. The van der Waals surface area contributed by atoms with Crippen molar-refractivity contribution in [3.63, 3.8) is 0 Å². The van der Waals surface area contributed by atoms with Crippen LogP contribution in [0.2, 0.25) is 0 Å². The number of amides is 2. The molecular weight excluding hydrogens is 346 g/mol. The normalized spacial score (nSPS) is 12.7. The van der Waals surface area contributed by atoms with Crippen LogP contribution in [0.4, 0.5) is 16.3 Å². The van der Waals surface area contributed by atoms with E-state index in [1.807, 2.05) is 59.3 Å². The molecule has 7 heteroatoms. The Morgan fingerprint density at radius 2 is 1.85 bits per heavy atom. The Balaban J connectivity index is 1.58. The lowest BCUT2D eigenvalue weighted by Gasteiger charge is -2.12. The van der Waals surface area contributed by atoms with Gasteiger partial charge in [-0.05, 0) is 29.8 Å². The molecule has 1 aliphatic heterocycles. The first kappa shape index (κ1) is 16.7. The van der Waals surface area contributed by atoms with E-state index in [2.05, 4.69) is 15.7 Å². The smallest absolute Gasteiger partial charge is 0.324 e. The van der Waals surface area contributed by atoms with Gasteiger partial charge < -0.3 is 11.1 Å². The third kappa shape index (κ3) is 3.31. The van der Waals surface area contributed by atoms with E-state index < -0.39 is 0 Å². The molecule has 0 radical (unpaired) electrons. The number of para-hydroxylation sites is 1. The van der Waals surface area contributed by atoms with E-state index in [9.17, 15) is 4.79 Å². The number of aromatic nitrogens is 2. The fourth-order valence-electron chi connectivity index (χ4n) is 2.89. The van der Waals surface area contributed by atoms with Gasteiger partial charge in [0.15, 0.2) is 0 Å². The summed E-state index contributed by atoms with van der Waals surface area (Å²) in [6, 6.07) is 17.0. The van der Waals surface area contributed by atoms with Crippen molar-refractivity contribution in [3.05, 3.63) is 71.4 Å². The van der Waals surface area contributed by atoms with Gasteiger partial charge in [-0.25, -0.2) is 9.48 Å². The number of carbonyl (C=O) groups is 1. The molecule has 2 amide bonds. The number of carbonyl (C=O) groups excluding carboxylic acids is 1. The van der Waals surface area contributed by atoms with Gasteiger partial charge in [-0.3, -0.25) is 5.32 Å². The van der Waals surface area contributed by atoms with Crippen LogP contribution in [0, 0.1) is 0 Å². The van der Waals surface area contributed by atoms with Gasteiger partial charge in [0, 0.05) is 29.3 Å². The van der Waals surface area contributed by atoms with E-state index in [0.717, 1.165) is 45.5 Å². The zero-order chi connectivity index (χ0) is 17.9. The molecule has 0 spiro atoms. The highest BCUT2D eigenvalue weighted by atomic mass is 32.2. The molecule has 3 aromatic rings. The summed E-state index contributed by atoms with van der Waals surface area (Å²) < 4.78 is 1.81. The summed E-state index contributed by atoms with van der Waals surface area (Å²) in [4.78, 5) is 12.5. The van der Waals surface area contributed by atoms with Gasteiger partial charge >= 0.3 is 6.03 Å². The van der Waals surface area contributed by atoms with Crippen molar-refractivity contribution in [1.29, 1.82) is 0 Å². The predicted octanol–water partition coefficient (Wildman–Crippen LogP) is 3.72. The van der Waals surface area contributed by atoms with Crippen molar-refractivity contribution in [2.45, 2.75) is 18.1 Å². The van der Waals surface area contributed by atoms with E-state index in [0.29, 0.717) is 6.54 Å². The van der Waals surface area contributed by atoms with E-state index in [1.54, 1.807) is 11.8 Å². The zero-order valence-corrected chi connectivity index (χ0v) is 14.9. The Hall–Kier alpha value is -2.77. The third-order valence-electron chi connectivity index (χ3n) is 4.23. The molecule has 6 nitrogen and oxygen atoms in total. The minimum absolute atomic E-state index is 0.290. The molecule has 0 bridgehead atoms. The average molecular weight is 365 g/mol. The van der Waals surface area contributed by atoms with Crippen molar-refractivity contribution >= 4 is 29.3 Å². The predicted molar refractivity (Wildman–Crippen MR) is 106 cm³/mol. The molecule has 1 aromatic heterocycles. The van der Waals surface area contributed by atoms with Crippen molar-refractivity contribution in [3.8, 4) is 5.69 Å². The summed E-state index contributed by atoms with van der Waals surface area (Å²) in [6.45, 7) is 0.479. The van der Waals surface area contributed by atoms with Gasteiger partial charge in [-0.1, -0.05) is 30.3 Å². The lowest BCUT2D eigenvalue weighted by molar-refractivity contribution is 0.262. The second-order valence-corrected chi connectivity index (χ2v) is 6.98. The van der Waals surface area contributed by atoms with Crippen molar-refractivity contribution in [2.75, 3.05) is 10.6 Å². The summed E-state index contributed by atoms with van der Waals surface area (Å²) in [5, 5.41) is 10.5. The highest BCUT2D eigenvalue weighted by molar-refractivity contribution is 7.98. The van der Waals surface area contributed by atoms with Gasteiger partial charge in [-0.2, -0.15) is 16.9 Å². The highest BCUT2D eigenvalue weighted by Crippen LogP contribution is 2.36. The van der Waals surface area contributed by atoms with Crippen molar-refractivity contribution in [1.82, 2.24) is 9.78 Å². The SMILES string of the molecule is NCc1ccc(NC(=O)Nc2c3c(nn2-c2ccccc2)CSC3)cc1. The van der Waals surface area contributed by atoms with Crippen LogP contribution in [0.15, 0.2) is 54.6 Å². The maximum absolute atomic E-state index is 12.5. The molecule has 0 fully saturated rings. The van der Waals surface area contributed by atoms with Gasteiger partial charge in [0.05, 0.1) is 11.4 Å². The molecule has 0 unspecified atom stereocenters. The lowest BCUT2D eigenvalue weighted by atomic mass is 10.2. The largest absolute Gasteiger partial charge is 0.326 e. The molecular formula is C19H19N5OS. The first-order chi connectivity index (χ1) is 12.7. The number of hydrogen-bond acceptors (Lipinski definition) is 4. The number of benzene rings is 2. The summed E-state index contributed by atoms with van der Waals surface area (Å²) in [6.07, 6.45) is 0. The van der Waals surface area contributed by atoms with Crippen LogP contribution in [-0.4, -0.2) is 15.8 Å². The molecule has 0 saturated carbocycles. The first-order valence-corrected chi connectivity index (χ1v) is 9.51.